The van der Waals surface area contributed by atoms with E-state index in [1.807, 2.05) is 0 Å². The van der Waals surface area contributed by atoms with Crippen LogP contribution >= 0.6 is 15.6 Å². The van der Waals surface area contributed by atoms with Crippen molar-refractivity contribution in [3.8, 4) is 0 Å². The van der Waals surface area contributed by atoms with Gasteiger partial charge < -0.3 is 33.8 Å². The highest BCUT2D eigenvalue weighted by molar-refractivity contribution is 7.47. The van der Waals surface area contributed by atoms with Gasteiger partial charge in [0.15, 0.2) is 12.2 Å². The SMILES string of the molecule is CCCCCCCCCCCCCCCCCCCCCCCCC(=O)O[C@H](COC(=O)CCCCCCCCCCCCCCCCCCCC)COP(=O)(O)OC[C@@H](O)COP(=O)(O)OC[C@@H](COC(=O)CCCCCCCCCCCC)OC(=O)CCCCCCCCCCCCCCCCCCC. The van der Waals surface area contributed by atoms with Crippen LogP contribution in [0.15, 0.2) is 0 Å². The highest BCUT2D eigenvalue weighted by atomic mass is 31.2. The first-order chi connectivity index (χ1) is 52.2. The van der Waals surface area contributed by atoms with E-state index in [1.54, 1.807) is 0 Å². The molecule has 0 heterocycles. The van der Waals surface area contributed by atoms with Crippen LogP contribution in [0.1, 0.15) is 484 Å². The van der Waals surface area contributed by atoms with E-state index in [0.29, 0.717) is 25.7 Å². The normalized spacial score (nSPS) is 13.7. The summed E-state index contributed by atoms with van der Waals surface area (Å²) in [5.41, 5.74) is 0. The lowest BCUT2D eigenvalue weighted by molar-refractivity contribution is -0.161. The Morgan fingerprint density at radius 1 is 0.224 bits per heavy atom. The Morgan fingerprint density at radius 2 is 0.374 bits per heavy atom. The van der Waals surface area contributed by atoms with Gasteiger partial charge in [-0.1, -0.05) is 432 Å². The average Bonchev–Trinajstić information content (AvgIpc) is 0.901. The maximum Gasteiger partial charge on any atom is 0.472 e. The lowest BCUT2D eigenvalue weighted by Gasteiger charge is -2.21. The van der Waals surface area contributed by atoms with Gasteiger partial charge in [-0.15, -0.1) is 0 Å². The third-order valence-corrected chi connectivity index (χ3v) is 22.8. The fourth-order valence-electron chi connectivity index (χ4n) is 13.9. The molecule has 2 unspecified atom stereocenters. The topological polar surface area (TPSA) is 237 Å². The molecule has 0 aliphatic rings. The first-order valence-electron chi connectivity index (χ1n) is 45.8. The highest BCUT2D eigenvalue weighted by Gasteiger charge is 2.30. The molecule has 0 saturated carbocycles. The van der Waals surface area contributed by atoms with Gasteiger partial charge in [-0.3, -0.25) is 37.3 Å². The lowest BCUT2D eigenvalue weighted by Crippen LogP contribution is -2.30. The molecule has 0 aromatic carbocycles. The van der Waals surface area contributed by atoms with Crippen molar-refractivity contribution in [1.29, 1.82) is 0 Å². The summed E-state index contributed by atoms with van der Waals surface area (Å²) in [6.45, 7) is 5.06. The molecular weight excluding hydrogens is 1390 g/mol. The average molecular weight is 1560 g/mol. The maximum absolute atomic E-state index is 13.2. The zero-order valence-electron chi connectivity index (χ0n) is 70.1. The molecule has 0 spiro atoms. The summed E-state index contributed by atoms with van der Waals surface area (Å²) in [7, 11) is -9.93. The Balaban J connectivity index is 5.21. The molecule has 19 heteroatoms. The van der Waals surface area contributed by atoms with Gasteiger partial charge in [-0.25, -0.2) is 9.13 Å². The fourth-order valence-corrected chi connectivity index (χ4v) is 15.5. The van der Waals surface area contributed by atoms with Crippen molar-refractivity contribution >= 4 is 39.5 Å². The fraction of sp³-hybridized carbons (Fsp3) is 0.955. The Labute approximate surface area is 658 Å². The van der Waals surface area contributed by atoms with Crippen molar-refractivity contribution in [3.63, 3.8) is 0 Å². The van der Waals surface area contributed by atoms with E-state index >= 15 is 0 Å². The number of unbranched alkanes of at least 4 members (excludes halogenated alkanes) is 63. The zero-order chi connectivity index (χ0) is 78.1. The second-order valence-corrected chi connectivity index (χ2v) is 34.5. The van der Waals surface area contributed by atoms with Crippen LogP contribution in [0.25, 0.3) is 0 Å². The van der Waals surface area contributed by atoms with Crippen LogP contribution in [0.3, 0.4) is 0 Å². The van der Waals surface area contributed by atoms with Gasteiger partial charge in [0, 0.05) is 25.7 Å². The largest absolute Gasteiger partial charge is 0.472 e. The molecular formula is C88H172O17P2. The monoisotopic (exact) mass is 1560 g/mol. The molecule has 0 bridgehead atoms. The van der Waals surface area contributed by atoms with Gasteiger partial charge in [-0.2, -0.15) is 0 Å². The van der Waals surface area contributed by atoms with Crippen LogP contribution in [-0.4, -0.2) is 96.7 Å². The number of carbonyl (C=O) groups excluding carboxylic acids is 4. The second kappa shape index (κ2) is 82.1. The minimum Gasteiger partial charge on any atom is -0.462 e. The van der Waals surface area contributed by atoms with E-state index in [-0.39, 0.29) is 25.7 Å². The van der Waals surface area contributed by atoms with Crippen molar-refractivity contribution in [2.75, 3.05) is 39.6 Å². The Morgan fingerprint density at radius 3 is 0.551 bits per heavy atom. The number of phosphoric ester groups is 2. The number of phosphoric acid groups is 2. The van der Waals surface area contributed by atoms with E-state index in [2.05, 4.69) is 27.7 Å². The van der Waals surface area contributed by atoms with Gasteiger partial charge in [0.25, 0.3) is 0 Å². The Hall–Kier alpha value is -1.94. The highest BCUT2D eigenvalue weighted by Crippen LogP contribution is 2.45. The molecule has 0 amide bonds. The third kappa shape index (κ3) is 81.9. The number of esters is 4. The van der Waals surface area contributed by atoms with Crippen LogP contribution in [0.2, 0.25) is 0 Å². The standard InChI is InChI=1S/C88H172O17P2/c1-5-9-13-17-21-25-29-32-35-38-40-41-42-43-46-49-52-55-59-63-67-71-75-88(93)105-84(79-99-86(91)73-69-65-61-57-53-50-47-45-39-36-33-30-26-22-18-14-10-6-2)81-103-107(96,97)101-77-82(89)76-100-106(94,95)102-80-83(78-98-85(90)72-68-64-60-56-28-24-20-16-12-8-4)104-87(92)74-70-66-62-58-54-51-48-44-37-34-31-27-23-19-15-11-7-3/h82-84,89H,5-81H2,1-4H3,(H,94,95)(H,96,97)/t82-,83+,84+/m0/s1. The number of ether oxygens (including phenoxy) is 4. The van der Waals surface area contributed by atoms with Gasteiger partial charge in [0.2, 0.25) is 0 Å². The third-order valence-electron chi connectivity index (χ3n) is 20.9. The molecule has 0 aliphatic carbocycles. The van der Waals surface area contributed by atoms with E-state index in [1.165, 1.54) is 315 Å². The maximum atomic E-state index is 13.2. The smallest absolute Gasteiger partial charge is 0.462 e. The van der Waals surface area contributed by atoms with E-state index in [0.717, 1.165) is 89.9 Å². The molecule has 17 nitrogen and oxygen atoms in total. The van der Waals surface area contributed by atoms with Crippen molar-refractivity contribution in [3.05, 3.63) is 0 Å². The summed E-state index contributed by atoms with van der Waals surface area (Å²) >= 11 is 0. The molecule has 0 aromatic rings. The van der Waals surface area contributed by atoms with Crippen LogP contribution in [0, 0.1) is 0 Å². The van der Waals surface area contributed by atoms with Crippen LogP contribution < -0.4 is 0 Å². The minimum absolute atomic E-state index is 0.109. The molecule has 5 atom stereocenters. The minimum atomic E-state index is -4.97. The molecule has 0 fully saturated rings. The zero-order valence-corrected chi connectivity index (χ0v) is 71.9. The Kier molecular flexibility index (Phi) is 80.6. The number of hydrogen-bond donors (Lipinski definition) is 3. The molecule has 3 N–H and O–H groups in total. The summed E-state index contributed by atoms with van der Waals surface area (Å²) < 4.78 is 68.9. The lowest BCUT2D eigenvalue weighted by atomic mass is 10.0. The van der Waals surface area contributed by atoms with Gasteiger partial charge >= 0.3 is 39.5 Å². The predicted molar refractivity (Wildman–Crippen MR) is 442 cm³/mol. The van der Waals surface area contributed by atoms with Crippen molar-refractivity contribution in [1.82, 2.24) is 0 Å². The van der Waals surface area contributed by atoms with Crippen LogP contribution in [0.5, 0.6) is 0 Å². The van der Waals surface area contributed by atoms with E-state index < -0.39 is 97.5 Å². The predicted octanol–water partition coefficient (Wildman–Crippen LogP) is 27.3. The molecule has 0 aromatic heterocycles. The van der Waals surface area contributed by atoms with Crippen molar-refractivity contribution in [2.24, 2.45) is 0 Å². The van der Waals surface area contributed by atoms with Crippen molar-refractivity contribution < 1.29 is 80.2 Å². The first kappa shape index (κ1) is 105. The number of hydrogen-bond acceptors (Lipinski definition) is 15. The van der Waals surface area contributed by atoms with Crippen molar-refractivity contribution in [2.45, 2.75) is 502 Å². The molecule has 107 heavy (non-hydrogen) atoms. The molecule has 0 aliphatic heterocycles. The number of aliphatic hydroxyl groups excluding tert-OH is 1. The van der Waals surface area contributed by atoms with Crippen LogP contribution in [0.4, 0.5) is 0 Å². The summed E-state index contributed by atoms with van der Waals surface area (Å²) in [5, 5.41) is 10.7. The molecule has 0 saturated heterocycles. The summed E-state index contributed by atoms with van der Waals surface area (Å²) in [4.78, 5) is 73.3. The molecule has 0 rings (SSSR count). The summed E-state index contributed by atoms with van der Waals surface area (Å²) in [5.74, 6) is -2.10. The first-order valence-corrected chi connectivity index (χ1v) is 48.8. The number of carbonyl (C=O) groups is 4. The van der Waals surface area contributed by atoms with Gasteiger partial charge in [0.05, 0.1) is 26.4 Å². The van der Waals surface area contributed by atoms with Crippen LogP contribution in [-0.2, 0) is 65.4 Å². The molecule has 0 radical (unpaired) electrons. The quantitative estimate of drug-likeness (QED) is 0.0222. The Bertz CT molecular complexity index is 2020. The number of rotatable bonds is 89. The number of aliphatic hydroxyl groups is 1. The molecule has 636 valence electrons. The second-order valence-electron chi connectivity index (χ2n) is 31.6. The van der Waals surface area contributed by atoms with Gasteiger partial charge in [-0.05, 0) is 25.7 Å². The summed E-state index contributed by atoms with van der Waals surface area (Å²) in [6, 6.07) is 0. The van der Waals surface area contributed by atoms with E-state index in [9.17, 15) is 43.2 Å². The van der Waals surface area contributed by atoms with E-state index in [4.69, 9.17) is 37.0 Å². The van der Waals surface area contributed by atoms with Gasteiger partial charge in [0.1, 0.15) is 19.3 Å². The summed E-state index contributed by atoms with van der Waals surface area (Å²) in [6.07, 6.45) is 77.8.